The number of ether oxygens (including phenoxy) is 1. The molecule has 0 spiro atoms. The van der Waals surface area contributed by atoms with E-state index in [1.165, 1.54) is 7.11 Å². The van der Waals surface area contributed by atoms with Crippen LogP contribution in [0.4, 0.5) is 13.2 Å². The van der Waals surface area contributed by atoms with Gasteiger partial charge in [-0.25, -0.2) is 9.78 Å². The van der Waals surface area contributed by atoms with Gasteiger partial charge in [0.25, 0.3) is 0 Å². The van der Waals surface area contributed by atoms with Crippen molar-refractivity contribution < 1.29 is 32.2 Å². The average Bonchev–Trinajstić information content (AvgIpc) is 2.67. The summed E-state index contributed by atoms with van der Waals surface area (Å²) < 4.78 is 47.8. The molecule has 0 saturated heterocycles. The van der Waals surface area contributed by atoms with Crippen LogP contribution in [0.3, 0.4) is 0 Å². The maximum atomic E-state index is 12.6. The lowest BCUT2D eigenvalue weighted by Gasteiger charge is -2.39. The number of hydrogen-bond donors (Lipinski definition) is 1. The molecule has 106 valence electrons. The molecule has 0 unspecified atom stereocenters. The Kier molecular flexibility index (Phi) is 3.29. The molecule has 0 bridgehead atoms. The Hall–Kier alpha value is -1.57. The van der Waals surface area contributed by atoms with Crippen molar-refractivity contribution in [1.82, 2.24) is 4.98 Å². The van der Waals surface area contributed by atoms with Gasteiger partial charge in [-0.3, -0.25) is 0 Å². The molecule has 0 aromatic carbocycles. The molecule has 0 atom stereocenters. The highest BCUT2D eigenvalue weighted by Crippen LogP contribution is 2.39. The van der Waals surface area contributed by atoms with Crippen molar-refractivity contribution in [3.63, 3.8) is 0 Å². The van der Waals surface area contributed by atoms with Crippen LogP contribution in [-0.4, -0.2) is 28.8 Å². The molecule has 0 radical (unpaired) electrons. The lowest BCUT2D eigenvalue weighted by Crippen LogP contribution is -2.41. The summed E-state index contributed by atoms with van der Waals surface area (Å²) in [7, 11) is 1.46. The summed E-state index contributed by atoms with van der Waals surface area (Å²) in [6.45, 7) is 0. The number of carboxylic acids is 1. The standard InChI is InChI=1S/C11H12F3NO4/c1-18-10(3-2-4-10)5-6-15-8(11(12,13)14)7(19-6)9(16)17/h2-5H2,1H3,(H,16,17). The molecule has 0 amide bonds. The van der Waals surface area contributed by atoms with Crippen LogP contribution < -0.4 is 0 Å². The molecule has 1 N–H and O–H groups in total. The lowest BCUT2D eigenvalue weighted by molar-refractivity contribution is -0.141. The molecule has 1 heterocycles. The maximum Gasteiger partial charge on any atom is 0.437 e. The van der Waals surface area contributed by atoms with E-state index in [1.54, 1.807) is 0 Å². The second-order valence-corrected chi connectivity index (χ2v) is 4.51. The predicted molar refractivity (Wildman–Crippen MR) is 55.8 cm³/mol. The van der Waals surface area contributed by atoms with E-state index in [-0.39, 0.29) is 12.3 Å². The SMILES string of the molecule is COC1(Cc2nc(C(F)(F)F)c(C(=O)O)o2)CCC1. The second kappa shape index (κ2) is 4.52. The van der Waals surface area contributed by atoms with Crippen LogP contribution in [0, 0.1) is 0 Å². The van der Waals surface area contributed by atoms with Gasteiger partial charge in [-0.1, -0.05) is 0 Å². The number of halogens is 3. The summed E-state index contributed by atoms with van der Waals surface area (Å²) in [6, 6.07) is 0. The Morgan fingerprint density at radius 2 is 2.16 bits per heavy atom. The molecule has 1 saturated carbocycles. The van der Waals surface area contributed by atoms with Crippen LogP contribution in [0.25, 0.3) is 0 Å². The van der Waals surface area contributed by atoms with E-state index >= 15 is 0 Å². The molecular weight excluding hydrogens is 267 g/mol. The maximum absolute atomic E-state index is 12.6. The van der Waals surface area contributed by atoms with Gasteiger partial charge in [-0.2, -0.15) is 13.2 Å². The minimum Gasteiger partial charge on any atom is -0.475 e. The van der Waals surface area contributed by atoms with E-state index in [1.807, 2.05) is 0 Å². The van der Waals surface area contributed by atoms with Crippen LogP contribution in [-0.2, 0) is 17.3 Å². The van der Waals surface area contributed by atoms with Crippen LogP contribution in [0.1, 0.15) is 41.4 Å². The molecule has 1 aliphatic rings. The van der Waals surface area contributed by atoms with E-state index in [2.05, 4.69) is 4.98 Å². The van der Waals surface area contributed by atoms with Crippen LogP contribution in [0.2, 0.25) is 0 Å². The fraction of sp³-hybridized carbons (Fsp3) is 0.636. The Morgan fingerprint density at radius 1 is 1.53 bits per heavy atom. The normalized spacial score (nSPS) is 18.1. The summed E-state index contributed by atoms with van der Waals surface area (Å²) in [5.74, 6) is -3.22. The number of rotatable bonds is 4. The van der Waals surface area contributed by atoms with Crippen molar-refractivity contribution in [3.8, 4) is 0 Å². The molecular formula is C11H12F3NO4. The van der Waals surface area contributed by atoms with E-state index in [0.29, 0.717) is 12.8 Å². The van der Waals surface area contributed by atoms with Crippen molar-refractivity contribution in [2.45, 2.75) is 37.5 Å². The highest BCUT2D eigenvalue weighted by atomic mass is 19.4. The van der Waals surface area contributed by atoms with Crippen molar-refractivity contribution in [3.05, 3.63) is 17.3 Å². The molecule has 8 heteroatoms. The molecule has 1 aromatic heterocycles. The Bertz CT molecular complexity index is 485. The average molecular weight is 279 g/mol. The van der Waals surface area contributed by atoms with Crippen molar-refractivity contribution in [2.24, 2.45) is 0 Å². The third-order valence-electron chi connectivity index (χ3n) is 3.31. The zero-order valence-electron chi connectivity index (χ0n) is 10.1. The zero-order valence-corrected chi connectivity index (χ0v) is 10.1. The van der Waals surface area contributed by atoms with Crippen LogP contribution in [0.5, 0.6) is 0 Å². The van der Waals surface area contributed by atoms with Gasteiger partial charge >= 0.3 is 12.1 Å². The first-order chi connectivity index (χ1) is 8.77. The molecule has 0 aliphatic heterocycles. The van der Waals surface area contributed by atoms with Gasteiger partial charge in [0.05, 0.1) is 12.0 Å². The molecule has 2 rings (SSSR count). The largest absolute Gasteiger partial charge is 0.475 e. The Balaban J connectivity index is 2.30. The summed E-state index contributed by atoms with van der Waals surface area (Å²) >= 11 is 0. The number of carboxylic acid groups (broad SMARTS) is 1. The first-order valence-electron chi connectivity index (χ1n) is 5.63. The van der Waals surface area contributed by atoms with Crippen molar-refractivity contribution in [2.75, 3.05) is 7.11 Å². The quantitative estimate of drug-likeness (QED) is 0.916. The van der Waals surface area contributed by atoms with Crippen molar-refractivity contribution >= 4 is 5.97 Å². The number of alkyl halides is 3. The number of methoxy groups -OCH3 is 1. The number of aromatic nitrogens is 1. The molecule has 19 heavy (non-hydrogen) atoms. The molecule has 1 aliphatic carbocycles. The summed E-state index contributed by atoms with van der Waals surface area (Å²) in [5.41, 5.74) is -2.08. The topological polar surface area (TPSA) is 72.6 Å². The monoisotopic (exact) mass is 279 g/mol. The Morgan fingerprint density at radius 3 is 2.47 bits per heavy atom. The van der Waals surface area contributed by atoms with E-state index in [0.717, 1.165) is 6.42 Å². The smallest absolute Gasteiger partial charge is 0.437 e. The third-order valence-corrected chi connectivity index (χ3v) is 3.31. The Labute approximate surface area is 106 Å². The van der Waals surface area contributed by atoms with Crippen LogP contribution >= 0.6 is 0 Å². The van der Waals surface area contributed by atoms with Gasteiger partial charge in [0.2, 0.25) is 5.76 Å². The van der Waals surface area contributed by atoms with E-state index < -0.39 is 29.2 Å². The highest BCUT2D eigenvalue weighted by Gasteiger charge is 2.44. The van der Waals surface area contributed by atoms with Gasteiger partial charge in [-0.15, -0.1) is 0 Å². The predicted octanol–water partition coefficient (Wildman–Crippen LogP) is 2.50. The number of carbonyl (C=O) groups is 1. The third kappa shape index (κ3) is 2.58. The van der Waals surface area contributed by atoms with Gasteiger partial charge in [-0.05, 0) is 19.3 Å². The summed E-state index contributed by atoms with van der Waals surface area (Å²) in [5, 5.41) is 8.70. The van der Waals surface area contributed by atoms with E-state index in [4.69, 9.17) is 14.3 Å². The summed E-state index contributed by atoms with van der Waals surface area (Å²) in [4.78, 5) is 14.0. The fourth-order valence-electron chi connectivity index (χ4n) is 2.08. The molecule has 1 aromatic rings. The summed E-state index contributed by atoms with van der Waals surface area (Å²) in [6.07, 6.45) is -2.52. The number of aromatic carboxylic acids is 1. The fourth-order valence-corrected chi connectivity index (χ4v) is 2.08. The number of nitrogens with zero attached hydrogens (tertiary/aromatic N) is 1. The van der Waals surface area contributed by atoms with Gasteiger partial charge in [0, 0.05) is 7.11 Å². The van der Waals surface area contributed by atoms with Gasteiger partial charge in [0.15, 0.2) is 11.6 Å². The van der Waals surface area contributed by atoms with Gasteiger partial charge in [0.1, 0.15) is 0 Å². The van der Waals surface area contributed by atoms with Gasteiger partial charge < -0.3 is 14.3 Å². The van der Waals surface area contributed by atoms with Crippen molar-refractivity contribution in [1.29, 1.82) is 0 Å². The zero-order chi connectivity index (χ0) is 14.3. The first kappa shape index (κ1) is 13.9. The molecule has 1 fully saturated rings. The van der Waals surface area contributed by atoms with Crippen LogP contribution in [0.15, 0.2) is 4.42 Å². The minimum atomic E-state index is -4.85. The number of oxazole rings is 1. The number of hydrogen-bond acceptors (Lipinski definition) is 4. The second-order valence-electron chi connectivity index (χ2n) is 4.51. The highest BCUT2D eigenvalue weighted by molar-refractivity contribution is 5.85. The first-order valence-corrected chi connectivity index (χ1v) is 5.63. The van der Waals surface area contributed by atoms with E-state index in [9.17, 15) is 18.0 Å². The lowest BCUT2D eigenvalue weighted by atomic mass is 9.77. The minimum absolute atomic E-state index is 0.0415. The molecule has 5 nitrogen and oxygen atoms in total.